The van der Waals surface area contributed by atoms with Crippen molar-refractivity contribution in [3.05, 3.63) is 75.5 Å². The lowest BCUT2D eigenvalue weighted by molar-refractivity contribution is -0.147. The Morgan fingerprint density at radius 1 is 1.14 bits per heavy atom. The van der Waals surface area contributed by atoms with Crippen molar-refractivity contribution in [2.45, 2.75) is 19.5 Å². The second-order valence-corrected chi connectivity index (χ2v) is 6.89. The fraction of sp³-hybridized carbons (Fsp3) is 0.238. The molecule has 0 N–H and O–H groups in total. The van der Waals surface area contributed by atoms with E-state index in [1.165, 1.54) is 18.2 Å². The number of nitrogens with zero attached hydrogens (tertiary/aromatic N) is 3. The molecule has 150 valence electrons. The van der Waals surface area contributed by atoms with Crippen molar-refractivity contribution >= 4 is 34.4 Å². The molecule has 0 unspecified atom stereocenters. The second-order valence-electron chi connectivity index (χ2n) is 6.45. The molecular formula is C21H20ClN3O4. The van der Waals surface area contributed by atoms with Crippen LogP contribution in [0.3, 0.4) is 0 Å². The van der Waals surface area contributed by atoms with Crippen LogP contribution in [0.25, 0.3) is 10.9 Å². The van der Waals surface area contributed by atoms with E-state index in [9.17, 15) is 14.4 Å². The fourth-order valence-electron chi connectivity index (χ4n) is 2.96. The minimum absolute atomic E-state index is 0.116. The molecule has 0 bridgehead atoms. The van der Waals surface area contributed by atoms with Gasteiger partial charge < -0.3 is 9.64 Å². The van der Waals surface area contributed by atoms with Crippen LogP contribution in [-0.4, -0.2) is 40.2 Å². The minimum Gasteiger partial charge on any atom is -0.468 e. The van der Waals surface area contributed by atoms with E-state index in [1.807, 2.05) is 6.07 Å². The number of hydrogen-bond acceptors (Lipinski definition) is 5. The standard InChI is InChI=1S/C21H20ClN3O4/c1-29-21(28)14-24(13-15-6-8-16(22)9-7-15)20(27)10-11-25-18-5-3-2-4-17(18)19(26)12-23-25/h2-9,12H,10-11,13-14H2,1H3. The van der Waals surface area contributed by atoms with Crippen LogP contribution in [0.1, 0.15) is 12.0 Å². The first-order valence-corrected chi connectivity index (χ1v) is 9.39. The van der Waals surface area contributed by atoms with Gasteiger partial charge in [-0.1, -0.05) is 35.9 Å². The summed E-state index contributed by atoms with van der Waals surface area (Å²) in [6, 6.07) is 14.2. The lowest BCUT2D eigenvalue weighted by Crippen LogP contribution is -2.36. The number of esters is 1. The molecule has 29 heavy (non-hydrogen) atoms. The van der Waals surface area contributed by atoms with E-state index in [4.69, 9.17) is 16.3 Å². The summed E-state index contributed by atoms with van der Waals surface area (Å²) in [5.74, 6) is -0.728. The highest BCUT2D eigenvalue weighted by molar-refractivity contribution is 6.30. The van der Waals surface area contributed by atoms with E-state index in [1.54, 1.807) is 47.1 Å². The average Bonchev–Trinajstić information content (AvgIpc) is 2.74. The van der Waals surface area contributed by atoms with Crippen LogP contribution in [0.15, 0.2) is 59.5 Å². The smallest absolute Gasteiger partial charge is 0.325 e. The van der Waals surface area contributed by atoms with Gasteiger partial charge in [-0.2, -0.15) is 5.10 Å². The van der Waals surface area contributed by atoms with Crippen LogP contribution in [0.4, 0.5) is 0 Å². The Kier molecular flexibility index (Phi) is 6.61. The monoisotopic (exact) mass is 413 g/mol. The molecule has 0 aliphatic heterocycles. The fourth-order valence-corrected chi connectivity index (χ4v) is 3.09. The lowest BCUT2D eigenvalue weighted by atomic mass is 10.2. The largest absolute Gasteiger partial charge is 0.468 e. The Hall–Kier alpha value is -3.19. The molecule has 8 heteroatoms. The Morgan fingerprint density at radius 2 is 1.86 bits per heavy atom. The van der Waals surface area contributed by atoms with Crippen LogP contribution < -0.4 is 5.43 Å². The first-order valence-electron chi connectivity index (χ1n) is 9.02. The molecule has 0 fully saturated rings. The quantitative estimate of drug-likeness (QED) is 0.556. The third-order valence-corrected chi connectivity index (χ3v) is 4.74. The summed E-state index contributed by atoms with van der Waals surface area (Å²) in [4.78, 5) is 38.0. The maximum Gasteiger partial charge on any atom is 0.325 e. The molecule has 1 aromatic heterocycles. The molecule has 3 aromatic rings. The normalized spacial score (nSPS) is 10.7. The Labute approximate surface area is 172 Å². The van der Waals surface area contributed by atoms with Crippen LogP contribution in [0.5, 0.6) is 0 Å². The second kappa shape index (κ2) is 9.34. The van der Waals surface area contributed by atoms with E-state index < -0.39 is 5.97 Å². The Bertz CT molecular complexity index is 1080. The topological polar surface area (TPSA) is 81.5 Å². The number of rotatable bonds is 7. The van der Waals surface area contributed by atoms with Crippen molar-refractivity contribution in [3.63, 3.8) is 0 Å². The van der Waals surface area contributed by atoms with Gasteiger partial charge in [-0.05, 0) is 29.8 Å². The van der Waals surface area contributed by atoms with Gasteiger partial charge in [0.15, 0.2) is 0 Å². The third kappa shape index (κ3) is 5.20. The highest BCUT2D eigenvalue weighted by Gasteiger charge is 2.18. The third-order valence-electron chi connectivity index (χ3n) is 4.49. The van der Waals surface area contributed by atoms with Crippen molar-refractivity contribution in [1.82, 2.24) is 14.7 Å². The number of hydrogen-bond donors (Lipinski definition) is 0. The van der Waals surface area contributed by atoms with Crippen molar-refractivity contribution in [2.24, 2.45) is 0 Å². The number of carbonyl (C=O) groups excluding carboxylic acids is 2. The number of fused-ring (bicyclic) bond motifs is 1. The van der Waals surface area contributed by atoms with Gasteiger partial charge in [0.25, 0.3) is 0 Å². The van der Waals surface area contributed by atoms with Crippen molar-refractivity contribution in [1.29, 1.82) is 0 Å². The molecule has 7 nitrogen and oxygen atoms in total. The number of ether oxygens (including phenoxy) is 1. The molecule has 3 rings (SSSR count). The van der Waals surface area contributed by atoms with Gasteiger partial charge in [0.05, 0.1) is 25.4 Å². The van der Waals surface area contributed by atoms with Crippen LogP contribution in [0.2, 0.25) is 5.02 Å². The van der Waals surface area contributed by atoms with E-state index in [0.717, 1.165) is 5.56 Å². The average molecular weight is 414 g/mol. The molecule has 1 heterocycles. The molecule has 0 radical (unpaired) electrons. The number of aromatic nitrogens is 2. The molecule has 0 aliphatic rings. The number of halogens is 1. The van der Waals surface area contributed by atoms with Crippen LogP contribution in [0, 0.1) is 0 Å². The molecule has 0 spiro atoms. The predicted octanol–water partition coefficient (Wildman–Crippen LogP) is 2.64. The molecule has 0 aliphatic carbocycles. The van der Waals surface area contributed by atoms with Crippen molar-refractivity contribution in [2.75, 3.05) is 13.7 Å². The van der Waals surface area contributed by atoms with Gasteiger partial charge in [-0.3, -0.25) is 19.1 Å². The molecule has 0 atom stereocenters. The first kappa shape index (κ1) is 20.5. The summed E-state index contributed by atoms with van der Waals surface area (Å²) < 4.78 is 6.33. The van der Waals surface area contributed by atoms with E-state index in [0.29, 0.717) is 15.9 Å². The highest BCUT2D eigenvalue weighted by Crippen LogP contribution is 2.13. The van der Waals surface area contributed by atoms with Gasteiger partial charge in [-0.25, -0.2) is 0 Å². The first-order chi connectivity index (χ1) is 14.0. The molecule has 0 saturated heterocycles. The molecule has 0 saturated carbocycles. The number of carbonyl (C=O) groups is 2. The van der Waals surface area contributed by atoms with Gasteiger partial charge in [0.1, 0.15) is 6.54 Å². The summed E-state index contributed by atoms with van der Waals surface area (Å²) in [7, 11) is 1.28. The summed E-state index contributed by atoms with van der Waals surface area (Å²) >= 11 is 5.91. The lowest BCUT2D eigenvalue weighted by Gasteiger charge is -2.22. The maximum absolute atomic E-state index is 12.8. The van der Waals surface area contributed by atoms with Crippen LogP contribution >= 0.6 is 11.6 Å². The van der Waals surface area contributed by atoms with Gasteiger partial charge in [-0.15, -0.1) is 0 Å². The minimum atomic E-state index is -0.501. The number of benzene rings is 2. The summed E-state index contributed by atoms with van der Waals surface area (Å²) in [5.41, 5.74) is 1.34. The zero-order chi connectivity index (χ0) is 20.8. The SMILES string of the molecule is COC(=O)CN(Cc1ccc(Cl)cc1)C(=O)CCn1ncc(=O)c2ccccc21. The highest BCUT2D eigenvalue weighted by atomic mass is 35.5. The summed E-state index contributed by atoms with van der Waals surface area (Å²) in [5, 5.41) is 5.27. The molecule has 2 aromatic carbocycles. The number of para-hydroxylation sites is 1. The number of aryl methyl sites for hydroxylation is 1. The number of amides is 1. The van der Waals surface area contributed by atoms with E-state index in [2.05, 4.69) is 5.10 Å². The van der Waals surface area contributed by atoms with Crippen LogP contribution in [-0.2, 0) is 27.4 Å². The number of methoxy groups -OCH3 is 1. The molecular weight excluding hydrogens is 394 g/mol. The van der Waals surface area contributed by atoms with E-state index in [-0.39, 0.29) is 37.4 Å². The van der Waals surface area contributed by atoms with Gasteiger partial charge in [0, 0.05) is 23.4 Å². The van der Waals surface area contributed by atoms with E-state index >= 15 is 0 Å². The van der Waals surface area contributed by atoms with Crippen molar-refractivity contribution in [3.8, 4) is 0 Å². The zero-order valence-corrected chi connectivity index (χ0v) is 16.6. The maximum atomic E-state index is 12.8. The Morgan fingerprint density at radius 3 is 2.59 bits per heavy atom. The van der Waals surface area contributed by atoms with Gasteiger partial charge in [0.2, 0.25) is 11.3 Å². The summed E-state index contributed by atoms with van der Waals surface area (Å²) in [6.45, 7) is 0.373. The van der Waals surface area contributed by atoms with Crippen molar-refractivity contribution < 1.29 is 14.3 Å². The predicted molar refractivity (Wildman–Crippen MR) is 110 cm³/mol. The summed E-state index contributed by atoms with van der Waals surface area (Å²) in [6.07, 6.45) is 1.36. The zero-order valence-electron chi connectivity index (χ0n) is 15.9. The Balaban J connectivity index is 1.76. The van der Waals surface area contributed by atoms with Gasteiger partial charge >= 0.3 is 5.97 Å². The molecule has 1 amide bonds.